The highest BCUT2D eigenvalue weighted by Crippen LogP contribution is 2.60. The van der Waals surface area contributed by atoms with Crippen LogP contribution in [0, 0.1) is 0 Å². The van der Waals surface area contributed by atoms with Crippen LogP contribution in [0.3, 0.4) is 0 Å². The van der Waals surface area contributed by atoms with Crippen molar-refractivity contribution in [3.05, 3.63) is 22.6 Å². The van der Waals surface area contributed by atoms with Gasteiger partial charge in [-0.25, -0.2) is 9.59 Å². The normalized spacial score (nSPS) is 26.8. The van der Waals surface area contributed by atoms with Gasteiger partial charge in [0.15, 0.2) is 0 Å². The van der Waals surface area contributed by atoms with Gasteiger partial charge < -0.3 is 14.1 Å². The van der Waals surface area contributed by atoms with Crippen molar-refractivity contribution in [3.8, 4) is 0 Å². The summed E-state index contributed by atoms with van der Waals surface area (Å²) in [5.74, 6) is -1.92. The van der Waals surface area contributed by atoms with Crippen LogP contribution in [0.1, 0.15) is 0 Å². The fourth-order valence-corrected chi connectivity index (χ4v) is 2.60. The number of carbonyl (C=O) groups excluding carboxylic acids is 2. The van der Waals surface area contributed by atoms with E-state index in [-0.39, 0.29) is 0 Å². The molecule has 1 fully saturated rings. The first-order valence-corrected chi connectivity index (χ1v) is 4.68. The molecule has 0 aromatic carbocycles. The van der Waals surface area contributed by atoms with Gasteiger partial charge in [0.1, 0.15) is 0 Å². The summed E-state index contributed by atoms with van der Waals surface area (Å²) in [6.45, 7) is 0. The van der Waals surface area contributed by atoms with Crippen LogP contribution in [-0.2, 0) is 18.0 Å². The lowest BCUT2D eigenvalue weighted by molar-refractivity contribution is -0.150. The summed E-state index contributed by atoms with van der Waals surface area (Å²) in [6, 6.07) is 0. The second kappa shape index (κ2) is 2.04. The van der Waals surface area contributed by atoms with E-state index in [4.69, 9.17) is 14.1 Å². The minimum absolute atomic E-state index is 0.438. The van der Waals surface area contributed by atoms with Crippen LogP contribution < -0.4 is 5.73 Å². The van der Waals surface area contributed by atoms with E-state index in [0.717, 1.165) is 0 Å². The molecule has 5 nitrogen and oxygen atoms in total. The van der Waals surface area contributed by atoms with E-state index in [1.165, 1.54) is 10.8 Å². The van der Waals surface area contributed by atoms with E-state index >= 15 is 0 Å². The summed E-state index contributed by atoms with van der Waals surface area (Å²) in [7, 11) is -2.24. The van der Waals surface area contributed by atoms with Crippen molar-refractivity contribution >= 4 is 22.5 Å². The highest BCUT2D eigenvalue weighted by molar-refractivity contribution is 8.32. The number of hydrogen-bond acceptors (Lipinski definition) is 5. The summed E-state index contributed by atoms with van der Waals surface area (Å²) in [4.78, 5) is 21.3. The zero-order valence-electron chi connectivity index (χ0n) is 5.85. The lowest BCUT2D eigenvalue weighted by Gasteiger charge is -2.24. The van der Waals surface area contributed by atoms with Crippen LogP contribution in [-0.4, -0.2) is 11.9 Å². The predicted octanol–water partition coefficient (Wildman–Crippen LogP) is 0.0484. The lowest BCUT2D eigenvalue weighted by Crippen LogP contribution is -2.05. The second-order valence-electron chi connectivity index (χ2n) is 2.25. The zero-order chi connectivity index (χ0) is 8.77. The van der Waals surface area contributed by atoms with E-state index in [2.05, 4.69) is 0 Å². The Labute approximate surface area is 69.5 Å². The van der Waals surface area contributed by atoms with E-state index in [1.807, 2.05) is 0 Å². The Bertz CT molecular complexity index is 316. The van der Waals surface area contributed by atoms with Crippen LogP contribution in [0.15, 0.2) is 22.6 Å². The van der Waals surface area contributed by atoms with Gasteiger partial charge in [-0.1, -0.05) is 10.6 Å². The second-order valence-corrected chi connectivity index (χ2v) is 4.27. The molecule has 0 atom stereocenters. The molecular formula is C6H5NO4S. The van der Waals surface area contributed by atoms with Crippen molar-refractivity contribution in [3.63, 3.8) is 0 Å². The third kappa shape index (κ3) is 0.884. The molecule has 0 bridgehead atoms. The maximum absolute atomic E-state index is 10.7. The molecule has 0 saturated carbocycles. The molecule has 64 valence electrons. The van der Waals surface area contributed by atoms with Gasteiger partial charge in [0.2, 0.25) is 0 Å². The fraction of sp³-hybridized carbons (Fsp3) is 0. The van der Waals surface area contributed by atoms with Gasteiger partial charge in [0.05, 0.1) is 16.5 Å². The smallest absolute Gasteiger partial charge is 0.398 e. The van der Waals surface area contributed by atoms with Crippen molar-refractivity contribution in [2.45, 2.75) is 0 Å². The van der Waals surface area contributed by atoms with Crippen LogP contribution in [0.25, 0.3) is 0 Å². The molecule has 0 unspecified atom stereocenters. The predicted molar refractivity (Wildman–Crippen MR) is 41.2 cm³/mol. The van der Waals surface area contributed by atoms with Gasteiger partial charge in [-0.05, 0) is 6.08 Å². The van der Waals surface area contributed by atoms with Crippen molar-refractivity contribution in [1.29, 1.82) is 0 Å². The SMILES string of the molecule is NC1=CS2(C=C1)OC(=O)C(=O)O2. The maximum atomic E-state index is 10.7. The molecule has 12 heavy (non-hydrogen) atoms. The molecule has 2 rings (SSSR count). The molecule has 0 aromatic rings. The molecule has 2 heterocycles. The van der Waals surface area contributed by atoms with Gasteiger partial charge >= 0.3 is 11.9 Å². The van der Waals surface area contributed by atoms with Gasteiger partial charge in [0.25, 0.3) is 0 Å². The molecule has 1 saturated heterocycles. The third-order valence-corrected chi connectivity index (χ3v) is 3.27. The average molecular weight is 187 g/mol. The van der Waals surface area contributed by atoms with Crippen molar-refractivity contribution < 1.29 is 18.0 Å². The molecule has 2 aliphatic rings. The van der Waals surface area contributed by atoms with Crippen LogP contribution in [0.5, 0.6) is 0 Å². The Morgan fingerprint density at radius 2 is 1.83 bits per heavy atom. The Morgan fingerprint density at radius 1 is 1.25 bits per heavy atom. The first-order chi connectivity index (χ1) is 5.61. The number of allylic oxidation sites excluding steroid dienone is 1. The number of nitrogens with two attached hydrogens (primary N) is 1. The van der Waals surface area contributed by atoms with E-state index in [0.29, 0.717) is 5.70 Å². The van der Waals surface area contributed by atoms with Crippen LogP contribution in [0.4, 0.5) is 0 Å². The highest BCUT2D eigenvalue weighted by atomic mass is 32.3. The number of hydrogen-bond donors (Lipinski definition) is 1. The van der Waals surface area contributed by atoms with Crippen molar-refractivity contribution in [2.75, 3.05) is 0 Å². The van der Waals surface area contributed by atoms with Gasteiger partial charge in [-0.3, -0.25) is 0 Å². The maximum Gasteiger partial charge on any atom is 0.441 e. The van der Waals surface area contributed by atoms with Gasteiger partial charge in [-0.15, -0.1) is 0 Å². The lowest BCUT2D eigenvalue weighted by atomic mass is 10.5. The summed E-state index contributed by atoms with van der Waals surface area (Å²) in [5.41, 5.74) is 5.83. The first kappa shape index (κ1) is 7.23. The van der Waals surface area contributed by atoms with Crippen molar-refractivity contribution in [1.82, 2.24) is 0 Å². The zero-order valence-corrected chi connectivity index (χ0v) is 6.67. The summed E-state index contributed by atoms with van der Waals surface area (Å²) in [6.07, 6.45) is 1.54. The molecule has 1 spiro atoms. The average Bonchev–Trinajstić information content (AvgIpc) is 2.42. The van der Waals surface area contributed by atoms with Crippen LogP contribution in [0.2, 0.25) is 0 Å². The Kier molecular flexibility index (Phi) is 1.23. The molecule has 0 aliphatic carbocycles. The molecule has 0 radical (unpaired) electrons. The fourth-order valence-electron chi connectivity index (χ4n) is 0.867. The third-order valence-electron chi connectivity index (χ3n) is 1.33. The Balaban J connectivity index is 2.34. The first-order valence-electron chi connectivity index (χ1n) is 3.07. The van der Waals surface area contributed by atoms with Crippen molar-refractivity contribution in [2.24, 2.45) is 5.73 Å². The number of carbonyl (C=O) groups is 2. The van der Waals surface area contributed by atoms with Gasteiger partial charge in [0, 0.05) is 0 Å². The van der Waals surface area contributed by atoms with E-state index < -0.39 is 22.5 Å². The Morgan fingerprint density at radius 3 is 2.25 bits per heavy atom. The molecule has 0 amide bonds. The number of rotatable bonds is 0. The summed E-state index contributed by atoms with van der Waals surface area (Å²) >= 11 is 0. The topological polar surface area (TPSA) is 78.6 Å². The minimum Gasteiger partial charge on any atom is -0.398 e. The molecule has 2 N–H and O–H groups in total. The molecule has 2 aliphatic heterocycles. The Hall–Kier alpha value is -1.43. The summed E-state index contributed by atoms with van der Waals surface area (Å²) < 4.78 is 9.44. The molecule has 0 aromatic heterocycles. The van der Waals surface area contributed by atoms with Crippen LogP contribution >= 0.6 is 10.6 Å². The monoisotopic (exact) mass is 187 g/mol. The van der Waals surface area contributed by atoms with Gasteiger partial charge in [-0.2, -0.15) is 0 Å². The molecular weight excluding hydrogens is 182 g/mol. The quantitative estimate of drug-likeness (QED) is 0.542. The standard InChI is InChI=1S/C6H5NO4S/c7-4-1-2-12(3-4)10-5(8)6(9)11-12/h1-3H,7H2. The van der Waals surface area contributed by atoms with E-state index in [9.17, 15) is 9.59 Å². The van der Waals surface area contributed by atoms with E-state index in [1.54, 1.807) is 6.08 Å². The summed E-state index contributed by atoms with van der Waals surface area (Å²) in [5, 5.41) is 2.93. The molecule has 6 heteroatoms. The minimum atomic E-state index is -2.24. The largest absolute Gasteiger partial charge is 0.441 e. The highest BCUT2D eigenvalue weighted by Gasteiger charge is 2.40.